The number of nitrogens with one attached hydrogen (secondary N) is 1. The van der Waals surface area contributed by atoms with E-state index in [1.165, 1.54) is 17.9 Å². The van der Waals surface area contributed by atoms with Gasteiger partial charge in [-0.3, -0.25) is 0 Å². The molecule has 0 aliphatic rings. The van der Waals surface area contributed by atoms with Gasteiger partial charge >= 0.3 is 0 Å². The van der Waals surface area contributed by atoms with Crippen molar-refractivity contribution in [3.8, 4) is 5.19 Å². The summed E-state index contributed by atoms with van der Waals surface area (Å²) in [6, 6.07) is 0. The monoisotopic (exact) mass is 231 g/mol. The Morgan fingerprint density at radius 3 is 2.87 bits per heavy atom. The van der Waals surface area contributed by atoms with Crippen LogP contribution in [0.4, 0.5) is 0 Å². The Bertz CT molecular complexity index is 271. The van der Waals surface area contributed by atoms with E-state index in [1.807, 2.05) is 20.8 Å². The van der Waals surface area contributed by atoms with Gasteiger partial charge in [0.1, 0.15) is 19.0 Å². The molecule has 0 spiro atoms. The van der Waals surface area contributed by atoms with Gasteiger partial charge in [-0.05, 0) is 20.8 Å². The molecule has 6 heteroatoms. The zero-order chi connectivity index (χ0) is 11.3. The summed E-state index contributed by atoms with van der Waals surface area (Å²) >= 11 is 1.17. The van der Waals surface area contributed by atoms with Gasteiger partial charge in [-0.1, -0.05) is 0 Å². The highest BCUT2D eigenvalue weighted by molar-refractivity contribution is 7.07. The molecule has 1 atom stereocenters. The molecule has 0 bridgehead atoms. The maximum atomic E-state index is 9.58. The molecule has 1 aromatic heterocycles. The van der Waals surface area contributed by atoms with Gasteiger partial charge in [0.15, 0.2) is 0 Å². The van der Waals surface area contributed by atoms with Crippen LogP contribution in [0.3, 0.4) is 0 Å². The van der Waals surface area contributed by atoms with Crippen molar-refractivity contribution in [3.63, 3.8) is 0 Å². The van der Waals surface area contributed by atoms with Crippen molar-refractivity contribution in [2.24, 2.45) is 0 Å². The molecule has 1 aromatic rings. The number of rotatable bonds is 5. The molecule has 0 aromatic carbocycles. The van der Waals surface area contributed by atoms with Crippen molar-refractivity contribution < 1.29 is 9.84 Å². The SMILES string of the molecule is CC(C)(C)NCC(O)COc1ncns1. The molecular formula is C9H17N3O2S. The standard InChI is InChI=1S/C9H17N3O2S/c1-9(2,3)11-4-7(13)5-14-8-10-6-12-15-8/h6-7,11,13H,4-5H2,1-3H3. The fourth-order valence-corrected chi connectivity index (χ4v) is 1.28. The molecule has 15 heavy (non-hydrogen) atoms. The summed E-state index contributed by atoms with van der Waals surface area (Å²) in [5.74, 6) is 0. The second-order valence-electron chi connectivity index (χ2n) is 4.30. The van der Waals surface area contributed by atoms with E-state index >= 15 is 0 Å². The molecule has 0 aliphatic heterocycles. The van der Waals surface area contributed by atoms with Gasteiger partial charge in [0.05, 0.1) is 0 Å². The number of hydrogen-bond donors (Lipinski definition) is 2. The molecule has 2 N–H and O–H groups in total. The van der Waals surface area contributed by atoms with Crippen LogP contribution in [0, 0.1) is 0 Å². The molecule has 1 unspecified atom stereocenters. The number of nitrogens with zero attached hydrogens (tertiary/aromatic N) is 2. The van der Waals surface area contributed by atoms with Crippen LogP contribution in [0.1, 0.15) is 20.8 Å². The Balaban J connectivity index is 2.16. The van der Waals surface area contributed by atoms with Gasteiger partial charge in [-0.25, -0.2) is 0 Å². The van der Waals surface area contributed by atoms with Crippen LogP contribution >= 0.6 is 11.5 Å². The first-order chi connectivity index (χ1) is 6.97. The highest BCUT2D eigenvalue weighted by atomic mass is 32.1. The van der Waals surface area contributed by atoms with Crippen LogP contribution in [0.25, 0.3) is 0 Å². The van der Waals surface area contributed by atoms with Crippen molar-refractivity contribution in [2.75, 3.05) is 13.2 Å². The van der Waals surface area contributed by atoms with E-state index in [2.05, 4.69) is 14.7 Å². The normalized spacial score (nSPS) is 13.9. The quantitative estimate of drug-likeness (QED) is 0.779. The van der Waals surface area contributed by atoms with Crippen molar-refractivity contribution >= 4 is 11.5 Å². The Morgan fingerprint density at radius 1 is 1.60 bits per heavy atom. The number of hydrogen-bond acceptors (Lipinski definition) is 6. The van der Waals surface area contributed by atoms with E-state index in [0.717, 1.165) is 0 Å². The zero-order valence-electron chi connectivity index (χ0n) is 9.23. The molecule has 5 nitrogen and oxygen atoms in total. The smallest absolute Gasteiger partial charge is 0.293 e. The van der Waals surface area contributed by atoms with Crippen molar-refractivity contribution in [1.82, 2.24) is 14.7 Å². The zero-order valence-corrected chi connectivity index (χ0v) is 10.0. The predicted molar refractivity (Wildman–Crippen MR) is 59.2 cm³/mol. The van der Waals surface area contributed by atoms with Crippen LogP contribution in [-0.2, 0) is 0 Å². The first-order valence-electron chi connectivity index (χ1n) is 4.80. The molecule has 0 fully saturated rings. The Hall–Kier alpha value is -0.720. The molecular weight excluding hydrogens is 214 g/mol. The minimum absolute atomic E-state index is 0.00369. The third-order valence-electron chi connectivity index (χ3n) is 1.61. The maximum absolute atomic E-state index is 9.58. The summed E-state index contributed by atoms with van der Waals surface area (Å²) in [5, 5.41) is 13.3. The first-order valence-corrected chi connectivity index (χ1v) is 5.57. The van der Waals surface area contributed by atoms with Gasteiger partial charge in [-0.2, -0.15) is 9.36 Å². The van der Waals surface area contributed by atoms with Crippen LogP contribution in [0.15, 0.2) is 6.33 Å². The van der Waals surface area contributed by atoms with E-state index in [9.17, 15) is 5.11 Å². The predicted octanol–water partition coefficient (Wildman–Crippen LogP) is 0.666. The third kappa shape index (κ3) is 5.66. The lowest BCUT2D eigenvalue weighted by Gasteiger charge is -2.22. The summed E-state index contributed by atoms with van der Waals surface area (Å²) in [4.78, 5) is 3.85. The fraction of sp³-hybridized carbons (Fsp3) is 0.778. The van der Waals surface area contributed by atoms with Crippen molar-refractivity contribution in [1.29, 1.82) is 0 Å². The number of aromatic nitrogens is 2. The Labute approximate surface area is 93.7 Å². The maximum Gasteiger partial charge on any atom is 0.293 e. The molecule has 0 saturated carbocycles. The molecule has 1 rings (SSSR count). The fourth-order valence-electron chi connectivity index (χ4n) is 0.877. The summed E-state index contributed by atoms with van der Waals surface area (Å²) in [6.07, 6.45) is 0.896. The highest BCUT2D eigenvalue weighted by Gasteiger charge is 2.12. The Morgan fingerprint density at radius 2 is 2.33 bits per heavy atom. The van der Waals surface area contributed by atoms with Crippen LogP contribution in [0.2, 0.25) is 0 Å². The van der Waals surface area contributed by atoms with Gasteiger partial charge in [0.25, 0.3) is 5.19 Å². The van der Waals surface area contributed by atoms with Crippen molar-refractivity contribution in [3.05, 3.63) is 6.33 Å². The van der Waals surface area contributed by atoms with Gasteiger partial charge in [0, 0.05) is 23.6 Å². The first kappa shape index (κ1) is 12.4. The largest absolute Gasteiger partial charge is 0.466 e. The number of ether oxygens (including phenoxy) is 1. The van der Waals surface area contributed by atoms with Crippen LogP contribution in [-0.4, -0.2) is 39.3 Å². The lowest BCUT2D eigenvalue weighted by molar-refractivity contribution is 0.0999. The van der Waals surface area contributed by atoms with E-state index < -0.39 is 6.10 Å². The molecule has 0 aliphatic carbocycles. The van der Waals surface area contributed by atoms with E-state index in [1.54, 1.807) is 0 Å². The lowest BCUT2D eigenvalue weighted by Crippen LogP contribution is -2.42. The van der Waals surface area contributed by atoms with Crippen molar-refractivity contribution in [2.45, 2.75) is 32.4 Å². The molecule has 86 valence electrons. The number of aliphatic hydroxyl groups excluding tert-OH is 1. The number of β-amino-alcohol motifs (C(OH)–C–C–N with tert-alkyl or cyclic N) is 1. The minimum Gasteiger partial charge on any atom is -0.466 e. The second-order valence-corrected chi connectivity index (χ2v) is 5.05. The third-order valence-corrected chi connectivity index (χ3v) is 2.19. The summed E-state index contributed by atoms with van der Waals surface area (Å²) < 4.78 is 9.02. The van der Waals surface area contributed by atoms with Gasteiger partial charge < -0.3 is 15.2 Å². The average molecular weight is 231 g/mol. The van der Waals surface area contributed by atoms with E-state index in [0.29, 0.717) is 11.7 Å². The van der Waals surface area contributed by atoms with E-state index in [-0.39, 0.29) is 12.1 Å². The average Bonchev–Trinajstić information content (AvgIpc) is 2.62. The Kier molecular flexibility index (Phi) is 4.44. The molecule has 1 heterocycles. The summed E-state index contributed by atoms with van der Waals surface area (Å²) in [5.41, 5.74) is 0.00369. The van der Waals surface area contributed by atoms with E-state index in [4.69, 9.17) is 4.74 Å². The number of aliphatic hydroxyl groups is 1. The highest BCUT2D eigenvalue weighted by Crippen LogP contribution is 2.10. The van der Waals surface area contributed by atoms with Gasteiger partial charge in [0.2, 0.25) is 0 Å². The van der Waals surface area contributed by atoms with Crippen LogP contribution < -0.4 is 10.1 Å². The minimum atomic E-state index is -0.534. The van der Waals surface area contributed by atoms with Gasteiger partial charge in [-0.15, -0.1) is 0 Å². The summed E-state index contributed by atoms with van der Waals surface area (Å²) in [6.45, 7) is 6.88. The summed E-state index contributed by atoms with van der Waals surface area (Å²) in [7, 11) is 0. The second kappa shape index (κ2) is 5.39. The molecule has 0 saturated heterocycles. The topological polar surface area (TPSA) is 67.3 Å². The molecule has 0 amide bonds. The van der Waals surface area contributed by atoms with Crippen LogP contribution in [0.5, 0.6) is 5.19 Å². The lowest BCUT2D eigenvalue weighted by atomic mass is 10.1. The molecule has 0 radical (unpaired) electrons.